The number of benzene rings is 1. The summed E-state index contributed by atoms with van der Waals surface area (Å²) in [6.07, 6.45) is 6.11. The van der Waals surface area contributed by atoms with Crippen LogP contribution in [0.2, 0.25) is 5.02 Å². The Morgan fingerprint density at radius 3 is 2.97 bits per heavy atom. The van der Waals surface area contributed by atoms with E-state index < -0.39 is 0 Å². The second-order valence-corrected chi connectivity index (χ2v) is 7.67. The van der Waals surface area contributed by atoms with Gasteiger partial charge in [0.1, 0.15) is 0 Å². The van der Waals surface area contributed by atoms with Gasteiger partial charge in [-0.15, -0.1) is 0 Å². The number of furan rings is 1. The van der Waals surface area contributed by atoms with Crippen molar-refractivity contribution in [2.45, 2.75) is 31.8 Å². The standard InChI is InChI=1S/C22H19ClN4O3/c23-16-6-2-1-5-14(16)13-27-19-8-3-7-17(15(19)12-24-27)25-22(28)18-11-21(30-26-18)20-9-4-10-29-20/h1-2,4-6,9-12,17H,3,7-8,13H2,(H,25,28)/t17-/m0/s1. The van der Waals surface area contributed by atoms with Gasteiger partial charge in [0.25, 0.3) is 5.91 Å². The molecule has 1 N–H and O–H groups in total. The van der Waals surface area contributed by atoms with Crippen molar-refractivity contribution in [3.05, 3.63) is 82.5 Å². The molecular weight excluding hydrogens is 404 g/mol. The highest BCUT2D eigenvalue weighted by molar-refractivity contribution is 6.31. The largest absolute Gasteiger partial charge is 0.461 e. The minimum absolute atomic E-state index is 0.120. The molecule has 1 aliphatic rings. The summed E-state index contributed by atoms with van der Waals surface area (Å²) in [5.74, 6) is 0.664. The molecule has 0 saturated carbocycles. The fourth-order valence-corrected chi connectivity index (χ4v) is 4.04. The van der Waals surface area contributed by atoms with Gasteiger partial charge < -0.3 is 14.3 Å². The highest BCUT2D eigenvalue weighted by Gasteiger charge is 2.27. The first-order valence-corrected chi connectivity index (χ1v) is 10.2. The van der Waals surface area contributed by atoms with Crippen LogP contribution < -0.4 is 5.32 Å². The Morgan fingerprint density at radius 1 is 1.23 bits per heavy atom. The lowest BCUT2D eigenvalue weighted by Gasteiger charge is -2.24. The smallest absolute Gasteiger partial charge is 0.273 e. The van der Waals surface area contributed by atoms with Crippen molar-refractivity contribution in [1.29, 1.82) is 0 Å². The third-order valence-electron chi connectivity index (χ3n) is 5.35. The van der Waals surface area contributed by atoms with Crippen LogP contribution in [0.5, 0.6) is 0 Å². The van der Waals surface area contributed by atoms with Crippen LogP contribution in [0.3, 0.4) is 0 Å². The maximum absolute atomic E-state index is 12.7. The van der Waals surface area contributed by atoms with E-state index in [0.29, 0.717) is 18.1 Å². The molecule has 0 spiro atoms. The number of aromatic nitrogens is 3. The van der Waals surface area contributed by atoms with E-state index in [4.69, 9.17) is 20.5 Å². The highest BCUT2D eigenvalue weighted by Crippen LogP contribution is 2.31. The molecular formula is C22H19ClN4O3. The lowest BCUT2D eigenvalue weighted by molar-refractivity contribution is 0.0923. The summed E-state index contributed by atoms with van der Waals surface area (Å²) in [6, 6.07) is 12.7. The molecule has 3 aromatic heterocycles. The van der Waals surface area contributed by atoms with E-state index >= 15 is 0 Å². The van der Waals surface area contributed by atoms with Crippen LogP contribution in [0.1, 0.15) is 46.2 Å². The first-order chi connectivity index (χ1) is 14.7. The average Bonchev–Trinajstić information content (AvgIpc) is 3.51. The minimum Gasteiger partial charge on any atom is -0.461 e. The van der Waals surface area contributed by atoms with Crippen molar-refractivity contribution in [3.63, 3.8) is 0 Å². The Morgan fingerprint density at radius 2 is 2.13 bits per heavy atom. The van der Waals surface area contributed by atoms with Crippen LogP contribution in [-0.4, -0.2) is 20.8 Å². The molecule has 0 saturated heterocycles. The van der Waals surface area contributed by atoms with Gasteiger partial charge in [-0.3, -0.25) is 9.48 Å². The Labute approximate surface area is 177 Å². The van der Waals surface area contributed by atoms with Crippen molar-refractivity contribution in [1.82, 2.24) is 20.3 Å². The minimum atomic E-state index is -0.284. The third-order valence-corrected chi connectivity index (χ3v) is 5.72. The molecule has 30 heavy (non-hydrogen) atoms. The molecule has 8 heteroatoms. The summed E-state index contributed by atoms with van der Waals surface area (Å²) in [6.45, 7) is 0.603. The predicted octanol–water partition coefficient (Wildman–Crippen LogP) is 4.64. The molecule has 0 aliphatic heterocycles. The summed E-state index contributed by atoms with van der Waals surface area (Å²) < 4.78 is 12.5. The Hall–Kier alpha value is -3.32. The number of rotatable bonds is 5. The van der Waals surface area contributed by atoms with Crippen LogP contribution >= 0.6 is 11.6 Å². The Bertz CT molecular complexity index is 1180. The number of carbonyl (C=O) groups is 1. The zero-order chi connectivity index (χ0) is 20.5. The van der Waals surface area contributed by atoms with Gasteiger partial charge in [0.15, 0.2) is 11.5 Å². The lowest BCUT2D eigenvalue weighted by Crippen LogP contribution is -2.31. The summed E-state index contributed by atoms with van der Waals surface area (Å²) in [5.41, 5.74) is 3.40. The Kier molecular flexibility index (Phi) is 4.88. The van der Waals surface area contributed by atoms with E-state index in [1.807, 2.05) is 35.1 Å². The van der Waals surface area contributed by atoms with E-state index in [2.05, 4.69) is 15.6 Å². The molecule has 5 rings (SSSR count). The van der Waals surface area contributed by atoms with Gasteiger partial charge >= 0.3 is 0 Å². The molecule has 7 nitrogen and oxygen atoms in total. The number of carbonyl (C=O) groups excluding carboxylic acids is 1. The summed E-state index contributed by atoms with van der Waals surface area (Å²) in [7, 11) is 0. The zero-order valence-electron chi connectivity index (χ0n) is 16.0. The monoisotopic (exact) mass is 422 g/mol. The van der Waals surface area contributed by atoms with E-state index in [9.17, 15) is 4.79 Å². The predicted molar refractivity (Wildman–Crippen MR) is 110 cm³/mol. The molecule has 0 radical (unpaired) electrons. The number of hydrogen-bond acceptors (Lipinski definition) is 5. The average molecular weight is 423 g/mol. The fraction of sp³-hybridized carbons (Fsp3) is 0.227. The number of hydrogen-bond donors (Lipinski definition) is 1. The van der Waals surface area contributed by atoms with Crippen LogP contribution in [-0.2, 0) is 13.0 Å². The molecule has 0 unspecified atom stereocenters. The summed E-state index contributed by atoms with van der Waals surface area (Å²) in [4.78, 5) is 12.7. The summed E-state index contributed by atoms with van der Waals surface area (Å²) >= 11 is 6.31. The molecule has 152 valence electrons. The SMILES string of the molecule is O=C(N[C@H]1CCCc2c1cnn2Cc1ccccc1Cl)c1cc(-c2ccco2)on1. The second kappa shape index (κ2) is 7.84. The molecule has 0 fully saturated rings. The van der Waals surface area contributed by atoms with Crippen molar-refractivity contribution in [2.75, 3.05) is 0 Å². The second-order valence-electron chi connectivity index (χ2n) is 7.27. The van der Waals surface area contributed by atoms with Gasteiger partial charge in [-0.25, -0.2) is 0 Å². The van der Waals surface area contributed by atoms with Gasteiger partial charge in [-0.2, -0.15) is 5.10 Å². The van der Waals surface area contributed by atoms with E-state index in [1.165, 1.54) is 0 Å². The first-order valence-electron chi connectivity index (χ1n) is 9.78. The maximum Gasteiger partial charge on any atom is 0.273 e. The number of nitrogens with zero attached hydrogens (tertiary/aromatic N) is 3. The quantitative estimate of drug-likeness (QED) is 0.506. The van der Waals surface area contributed by atoms with Crippen molar-refractivity contribution in [3.8, 4) is 11.5 Å². The molecule has 0 bridgehead atoms. The van der Waals surface area contributed by atoms with Crippen LogP contribution in [0.4, 0.5) is 0 Å². The van der Waals surface area contributed by atoms with E-state index in [1.54, 1.807) is 24.5 Å². The lowest BCUT2D eigenvalue weighted by atomic mass is 9.92. The van der Waals surface area contributed by atoms with Gasteiger partial charge in [0.05, 0.1) is 25.0 Å². The van der Waals surface area contributed by atoms with Gasteiger partial charge in [-0.1, -0.05) is 35.0 Å². The maximum atomic E-state index is 12.7. The zero-order valence-corrected chi connectivity index (χ0v) is 16.8. The van der Waals surface area contributed by atoms with Crippen molar-refractivity contribution < 1.29 is 13.7 Å². The number of fused-ring (bicyclic) bond motifs is 1. The molecule has 4 aromatic rings. The van der Waals surface area contributed by atoms with E-state index in [0.717, 1.165) is 41.1 Å². The third kappa shape index (κ3) is 3.52. The number of amides is 1. The molecule has 1 aromatic carbocycles. The fourth-order valence-electron chi connectivity index (χ4n) is 3.84. The normalized spacial score (nSPS) is 15.7. The van der Waals surface area contributed by atoms with Gasteiger partial charge in [-0.05, 0) is 43.0 Å². The molecule has 3 heterocycles. The van der Waals surface area contributed by atoms with Crippen LogP contribution in [0.15, 0.2) is 63.9 Å². The van der Waals surface area contributed by atoms with Crippen molar-refractivity contribution in [2.24, 2.45) is 0 Å². The van der Waals surface area contributed by atoms with Crippen LogP contribution in [0, 0.1) is 0 Å². The van der Waals surface area contributed by atoms with Gasteiger partial charge in [0.2, 0.25) is 5.76 Å². The molecule has 1 aliphatic carbocycles. The van der Waals surface area contributed by atoms with E-state index in [-0.39, 0.29) is 17.6 Å². The number of halogens is 1. The highest BCUT2D eigenvalue weighted by atomic mass is 35.5. The number of nitrogens with one attached hydrogen (secondary N) is 1. The van der Waals surface area contributed by atoms with Crippen molar-refractivity contribution >= 4 is 17.5 Å². The first kappa shape index (κ1) is 18.7. The molecule has 1 amide bonds. The molecule has 1 atom stereocenters. The summed E-state index contributed by atoms with van der Waals surface area (Å²) in [5, 5.41) is 12.2. The Balaban J connectivity index is 1.33. The van der Waals surface area contributed by atoms with Gasteiger partial charge in [0, 0.05) is 22.3 Å². The topological polar surface area (TPSA) is 86.1 Å². The van der Waals surface area contributed by atoms with Crippen LogP contribution in [0.25, 0.3) is 11.5 Å².